The summed E-state index contributed by atoms with van der Waals surface area (Å²) in [6.45, 7) is 0.335. The molecule has 2 rings (SSSR count). The van der Waals surface area contributed by atoms with Gasteiger partial charge >= 0.3 is 0 Å². The second kappa shape index (κ2) is 9.58. The number of rotatable bonds is 11. The molecule has 144 valence electrons. The maximum atomic E-state index is 12.6. The van der Waals surface area contributed by atoms with Gasteiger partial charge in [0.2, 0.25) is 5.91 Å². The molecule has 1 aliphatic heterocycles. The van der Waals surface area contributed by atoms with Crippen LogP contribution in [0.25, 0.3) is 0 Å². The summed E-state index contributed by atoms with van der Waals surface area (Å²) in [6, 6.07) is 3.40. The van der Waals surface area contributed by atoms with E-state index in [4.69, 9.17) is 9.47 Å². The minimum absolute atomic E-state index is 0.0163. The molecule has 0 aliphatic carbocycles. The van der Waals surface area contributed by atoms with Crippen LogP contribution in [-0.4, -0.2) is 68.1 Å². The molecule has 0 aromatic heterocycles. The molecule has 0 bridgehead atoms. The van der Waals surface area contributed by atoms with Crippen LogP contribution < -0.4 is 10.1 Å². The summed E-state index contributed by atoms with van der Waals surface area (Å²) < 4.78 is 10.4. The van der Waals surface area contributed by atoms with Crippen LogP contribution in [0.1, 0.15) is 33.6 Å². The summed E-state index contributed by atoms with van der Waals surface area (Å²) in [5.74, 6) is -1.11. The molecule has 3 amide bonds. The molecule has 1 aromatic rings. The Bertz CT molecular complexity index is 747. The third-order valence-corrected chi connectivity index (χ3v) is 4.01. The zero-order valence-corrected chi connectivity index (χ0v) is 14.8. The highest BCUT2D eigenvalue weighted by Gasteiger charge is 2.40. The Morgan fingerprint density at radius 3 is 2.59 bits per heavy atom. The number of aldehydes is 2. The van der Waals surface area contributed by atoms with E-state index in [1.807, 2.05) is 0 Å². The predicted octanol–water partition coefficient (Wildman–Crippen LogP) is -0.0294. The molecule has 0 saturated heterocycles. The fraction of sp³-hybridized carbons (Fsp3) is 0.389. The lowest BCUT2D eigenvalue weighted by molar-refractivity contribution is -0.121. The summed E-state index contributed by atoms with van der Waals surface area (Å²) in [5.41, 5.74) is 0.314. The summed E-state index contributed by atoms with van der Waals surface area (Å²) in [7, 11) is 1.46. The van der Waals surface area contributed by atoms with Crippen molar-refractivity contribution in [3.8, 4) is 5.75 Å². The van der Waals surface area contributed by atoms with E-state index in [1.165, 1.54) is 25.2 Å². The molecule has 1 N–H and O–H groups in total. The summed E-state index contributed by atoms with van der Waals surface area (Å²) in [5, 5.41) is 2.42. The van der Waals surface area contributed by atoms with E-state index in [9.17, 15) is 24.0 Å². The number of hydrogen-bond donors (Lipinski definition) is 1. The lowest BCUT2D eigenvalue weighted by atomic mass is 10.1. The zero-order valence-electron chi connectivity index (χ0n) is 14.8. The molecule has 1 aliphatic rings. The normalized spacial score (nSPS) is 13.9. The Balaban J connectivity index is 2.08. The largest absolute Gasteiger partial charge is 0.491 e. The Kier molecular flexibility index (Phi) is 7.18. The summed E-state index contributed by atoms with van der Waals surface area (Å²) in [4.78, 5) is 58.9. The molecule has 1 unspecified atom stereocenters. The highest BCUT2D eigenvalue weighted by molar-refractivity contribution is 6.22. The highest BCUT2D eigenvalue weighted by atomic mass is 16.5. The first-order valence-corrected chi connectivity index (χ1v) is 8.35. The molecular formula is C18H20N2O7. The van der Waals surface area contributed by atoms with Crippen molar-refractivity contribution >= 4 is 30.3 Å². The van der Waals surface area contributed by atoms with Crippen molar-refractivity contribution in [2.24, 2.45) is 0 Å². The number of nitrogens with zero attached hydrogens (tertiary/aromatic N) is 1. The van der Waals surface area contributed by atoms with E-state index >= 15 is 0 Å². The van der Waals surface area contributed by atoms with Gasteiger partial charge in [0, 0.05) is 13.5 Å². The number of carbonyl (C=O) groups excluding carboxylic acids is 5. The molecule has 0 spiro atoms. The maximum absolute atomic E-state index is 12.6. The molecule has 0 fully saturated rings. The zero-order chi connectivity index (χ0) is 19.8. The van der Waals surface area contributed by atoms with Gasteiger partial charge in [0.25, 0.3) is 11.8 Å². The number of benzene rings is 1. The van der Waals surface area contributed by atoms with Gasteiger partial charge in [-0.3, -0.25) is 19.3 Å². The summed E-state index contributed by atoms with van der Waals surface area (Å²) in [6.07, 6.45) is 1.18. The predicted molar refractivity (Wildman–Crippen MR) is 92.5 cm³/mol. The van der Waals surface area contributed by atoms with Crippen LogP contribution in [0.15, 0.2) is 18.2 Å². The first-order valence-electron chi connectivity index (χ1n) is 8.35. The van der Waals surface area contributed by atoms with E-state index < -0.39 is 17.9 Å². The Hall–Kier alpha value is -3.07. The van der Waals surface area contributed by atoms with E-state index in [0.717, 1.165) is 4.90 Å². The smallest absolute Gasteiger partial charge is 0.262 e. The van der Waals surface area contributed by atoms with Crippen LogP contribution in [0, 0.1) is 0 Å². The van der Waals surface area contributed by atoms with Crippen molar-refractivity contribution in [3.05, 3.63) is 29.3 Å². The SMILES string of the molecule is CNC(=O)CCC(C=O)N1C(=O)c2ccc(OCCOCC=O)cc2C1=O. The average molecular weight is 376 g/mol. The third kappa shape index (κ3) is 4.76. The van der Waals surface area contributed by atoms with Crippen molar-refractivity contribution in [1.29, 1.82) is 0 Å². The van der Waals surface area contributed by atoms with Crippen molar-refractivity contribution in [3.63, 3.8) is 0 Å². The molecule has 1 atom stereocenters. The van der Waals surface area contributed by atoms with E-state index in [1.54, 1.807) is 0 Å². The topological polar surface area (TPSA) is 119 Å². The van der Waals surface area contributed by atoms with Gasteiger partial charge in [-0.25, -0.2) is 0 Å². The monoisotopic (exact) mass is 376 g/mol. The summed E-state index contributed by atoms with van der Waals surface area (Å²) >= 11 is 0. The molecule has 0 saturated carbocycles. The molecule has 9 nitrogen and oxygen atoms in total. The van der Waals surface area contributed by atoms with Crippen LogP contribution in [0.5, 0.6) is 5.75 Å². The standard InChI is InChI=1S/C18H20N2O7/c1-19-16(23)5-2-12(11-22)20-17(24)14-4-3-13(10-15(14)18(20)25)27-9-8-26-7-6-21/h3-4,6,10-12H,2,5,7-9H2,1H3,(H,19,23). The molecule has 9 heteroatoms. The average Bonchev–Trinajstić information content (AvgIpc) is 2.93. The van der Waals surface area contributed by atoms with Gasteiger partial charge in [0.1, 0.15) is 31.5 Å². The van der Waals surface area contributed by atoms with Crippen LogP contribution in [0.3, 0.4) is 0 Å². The van der Waals surface area contributed by atoms with Gasteiger partial charge in [0.15, 0.2) is 0 Å². The lowest BCUT2D eigenvalue weighted by Crippen LogP contribution is -2.41. The maximum Gasteiger partial charge on any atom is 0.262 e. The number of amides is 3. The van der Waals surface area contributed by atoms with Gasteiger partial charge in [-0.1, -0.05) is 0 Å². The van der Waals surface area contributed by atoms with Gasteiger partial charge in [-0.05, 0) is 24.6 Å². The molecule has 1 heterocycles. The van der Waals surface area contributed by atoms with Crippen LogP contribution in [0.4, 0.5) is 0 Å². The third-order valence-electron chi connectivity index (χ3n) is 4.01. The molecular weight excluding hydrogens is 356 g/mol. The van der Waals surface area contributed by atoms with Gasteiger partial charge in [0.05, 0.1) is 23.8 Å². The minimum atomic E-state index is -1.02. The second-order valence-electron chi connectivity index (χ2n) is 5.69. The second-order valence-corrected chi connectivity index (χ2v) is 5.69. The number of fused-ring (bicyclic) bond motifs is 1. The molecule has 0 radical (unpaired) electrons. The van der Waals surface area contributed by atoms with Crippen LogP contribution >= 0.6 is 0 Å². The first-order chi connectivity index (χ1) is 13.0. The lowest BCUT2D eigenvalue weighted by Gasteiger charge is -2.20. The van der Waals surface area contributed by atoms with Gasteiger partial charge in [-0.2, -0.15) is 0 Å². The van der Waals surface area contributed by atoms with Crippen molar-refractivity contribution in [1.82, 2.24) is 10.2 Å². The van der Waals surface area contributed by atoms with E-state index in [2.05, 4.69) is 5.32 Å². The molecule has 1 aromatic carbocycles. The minimum Gasteiger partial charge on any atom is -0.491 e. The Morgan fingerprint density at radius 2 is 1.93 bits per heavy atom. The number of nitrogens with one attached hydrogen (secondary N) is 1. The number of imide groups is 1. The van der Waals surface area contributed by atoms with Crippen LogP contribution in [-0.2, 0) is 19.1 Å². The van der Waals surface area contributed by atoms with Gasteiger partial charge < -0.3 is 24.4 Å². The van der Waals surface area contributed by atoms with Crippen molar-refractivity contribution in [2.45, 2.75) is 18.9 Å². The van der Waals surface area contributed by atoms with E-state index in [0.29, 0.717) is 18.3 Å². The van der Waals surface area contributed by atoms with Crippen LogP contribution in [0.2, 0.25) is 0 Å². The Labute approximate surface area is 155 Å². The molecule has 27 heavy (non-hydrogen) atoms. The number of carbonyl (C=O) groups is 5. The van der Waals surface area contributed by atoms with Crippen molar-refractivity contribution < 1.29 is 33.4 Å². The van der Waals surface area contributed by atoms with Crippen molar-refractivity contribution in [2.75, 3.05) is 26.9 Å². The Morgan fingerprint density at radius 1 is 1.19 bits per heavy atom. The van der Waals surface area contributed by atoms with E-state index in [-0.39, 0.29) is 49.7 Å². The fourth-order valence-electron chi connectivity index (χ4n) is 2.64. The fourth-order valence-corrected chi connectivity index (χ4v) is 2.64. The highest BCUT2D eigenvalue weighted by Crippen LogP contribution is 2.29. The first kappa shape index (κ1) is 20.2. The quantitative estimate of drug-likeness (QED) is 0.327. The number of ether oxygens (including phenoxy) is 2. The number of hydrogen-bond acceptors (Lipinski definition) is 7. The van der Waals surface area contributed by atoms with Gasteiger partial charge in [-0.15, -0.1) is 0 Å².